The van der Waals surface area contributed by atoms with Gasteiger partial charge in [-0.05, 0) is 30.7 Å². The van der Waals surface area contributed by atoms with Gasteiger partial charge in [0.2, 0.25) is 0 Å². The van der Waals surface area contributed by atoms with Crippen molar-refractivity contribution in [3.8, 4) is 22.6 Å². The molecule has 0 spiro atoms. The van der Waals surface area contributed by atoms with Gasteiger partial charge in [0.25, 0.3) is 7.37 Å². The second-order valence-corrected chi connectivity index (χ2v) is 8.57. The van der Waals surface area contributed by atoms with Crippen molar-refractivity contribution in [2.24, 2.45) is 0 Å². The summed E-state index contributed by atoms with van der Waals surface area (Å²) in [6.45, 7) is 17.8. The van der Waals surface area contributed by atoms with Crippen LogP contribution >= 0.6 is 7.37 Å². The number of rotatable bonds is 2. The van der Waals surface area contributed by atoms with Crippen molar-refractivity contribution in [2.45, 2.75) is 68.0 Å². The van der Waals surface area contributed by atoms with Crippen molar-refractivity contribution in [3.63, 3.8) is 0 Å². The van der Waals surface area contributed by atoms with Crippen LogP contribution < -0.4 is 9.83 Å². The van der Waals surface area contributed by atoms with E-state index < -0.39 is 13.0 Å². The maximum absolute atomic E-state index is 13.9. The minimum absolute atomic E-state index is 0.139. The number of phenols is 1. The quantitative estimate of drug-likeness (QED) is 0.391. The fourth-order valence-corrected chi connectivity index (χ4v) is 5.78. The lowest BCUT2D eigenvalue weighted by Gasteiger charge is -2.32. The van der Waals surface area contributed by atoms with Crippen molar-refractivity contribution in [3.05, 3.63) is 78.4 Å². The third kappa shape index (κ3) is 6.26. The summed E-state index contributed by atoms with van der Waals surface area (Å²) in [6.07, 6.45) is 0. The first-order valence-electron chi connectivity index (χ1n) is 11.9. The van der Waals surface area contributed by atoms with Crippen LogP contribution in [0.5, 0.6) is 11.5 Å². The molecule has 3 aromatic carbocycles. The first kappa shape index (κ1) is 29.5. The van der Waals surface area contributed by atoms with Crippen molar-refractivity contribution in [2.75, 3.05) is 0 Å². The topological polar surface area (TPSA) is 46.5 Å². The molecule has 4 heteroatoms. The van der Waals surface area contributed by atoms with E-state index in [2.05, 4.69) is 0 Å². The summed E-state index contributed by atoms with van der Waals surface area (Å²) in [7, 11) is -3.24. The molecule has 2 atom stereocenters. The maximum Gasteiger partial charge on any atom is 0.285 e. The smallest absolute Gasteiger partial charge is 0.285 e. The number of fused-ring (bicyclic) bond motifs is 3. The Morgan fingerprint density at radius 2 is 1.16 bits per heavy atom. The molecule has 32 heavy (non-hydrogen) atoms. The van der Waals surface area contributed by atoms with E-state index in [4.69, 9.17) is 4.52 Å². The van der Waals surface area contributed by atoms with Gasteiger partial charge in [-0.3, -0.25) is 4.57 Å². The molecule has 1 heterocycles. The molecule has 0 fully saturated rings. The van der Waals surface area contributed by atoms with Crippen LogP contribution in [0.1, 0.15) is 73.5 Å². The lowest BCUT2D eigenvalue weighted by molar-refractivity contribution is 0.457. The van der Waals surface area contributed by atoms with Gasteiger partial charge in [-0.15, -0.1) is 0 Å². The normalized spacial score (nSPS) is 15.5. The van der Waals surface area contributed by atoms with Crippen LogP contribution in [0.25, 0.3) is 11.1 Å². The van der Waals surface area contributed by atoms with E-state index in [9.17, 15) is 9.67 Å². The van der Waals surface area contributed by atoms with Crippen LogP contribution in [0, 0.1) is 0 Å². The number of aromatic hydroxyl groups is 1. The number of para-hydroxylation sites is 2. The fraction of sp³-hybridized carbons (Fsp3) is 0.357. The average Bonchev–Trinajstić information content (AvgIpc) is 2.89. The lowest BCUT2D eigenvalue weighted by Crippen LogP contribution is -2.21. The van der Waals surface area contributed by atoms with Crippen LogP contribution in [0.3, 0.4) is 0 Å². The van der Waals surface area contributed by atoms with Gasteiger partial charge in [0.15, 0.2) is 0 Å². The van der Waals surface area contributed by atoms with E-state index >= 15 is 0 Å². The van der Waals surface area contributed by atoms with Gasteiger partial charge in [0.05, 0.1) is 11.0 Å². The molecule has 0 bridgehead atoms. The summed E-state index contributed by atoms with van der Waals surface area (Å²) in [5.41, 5.74) is 2.07. The van der Waals surface area contributed by atoms with Gasteiger partial charge in [0.1, 0.15) is 11.5 Å². The average molecular weight is 457 g/mol. The molecule has 0 radical (unpaired) electrons. The second-order valence-electron chi connectivity index (χ2n) is 5.94. The van der Waals surface area contributed by atoms with E-state index in [1.807, 2.05) is 117 Å². The fourth-order valence-electron chi connectivity index (χ4n) is 3.25. The van der Waals surface area contributed by atoms with Gasteiger partial charge in [-0.2, -0.15) is 0 Å². The van der Waals surface area contributed by atoms with E-state index in [1.165, 1.54) is 0 Å². The van der Waals surface area contributed by atoms with E-state index in [0.29, 0.717) is 16.6 Å². The molecule has 1 N–H and O–H groups in total. The van der Waals surface area contributed by atoms with Crippen molar-refractivity contribution >= 4 is 12.7 Å². The summed E-state index contributed by atoms with van der Waals surface area (Å²) < 4.78 is 20.0. The maximum atomic E-state index is 13.9. The van der Waals surface area contributed by atoms with Gasteiger partial charge < -0.3 is 9.63 Å². The molecule has 3 aromatic rings. The van der Waals surface area contributed by atoms with Gasteiger partial charge >= 0.3 is 0 Å². The van der Waals surface area contributed by atoms with Gasteiger partial charge in [-0.25, -0.2) is 0 Å². The number of hydrogen-bond acceptors (Lipinski definition) is 3. The zero-order valence-electron chi connectivity index (χ0n) is 21.2. The summed E-state index contributed by atoms with van der Waals surface area (Å²) in [5.74, 6) is 0.766. The molecular weight excluding hydrogens is 415 g/mol. The first-order valence-corrected chi connectivity index (χ1v) is 13.6. The highest BCUT2D eigenvalue weighted by Crippen LogP contribution is 2.64. The molecule has 0 aromatic heterocycles. The molecule has 0 amide bonds. The van der Waals surface area contributed by atoms with Crippen LogP contribution in [0.2, 0.25) is 0 Å². The Kier molecular flexibility index (Phi) is 14.1. The molecule has 0 aliphatic carbocycles. The van der Waals surface area contributed by atoms with Crippen LogP contribution in [-0.2, 0) is 4.57 Å². The Hall–Kier alpha value is -2.51. The van der Waals surface area contributed by atoms with Crippen molar-refractivity contribution in [1.29, 1.82) is 0 Å². The number of phenolic OH excluding ortho intramolecular Hbond substituents is 1. The first-order chi connectivity index (χ1) is 15.6. The molecule has 2 unspecified atom stereocenters. The SMILES string of the molecule is CC.CC.CC.CC.CC(c1ccccc1O)P1(=O)Oc2ccccc2-c2ccccc21. The molecule has 176 valence electrons. The number of hydrogen-bond donors (Lipinski definition) is 1. The Bertz CT molecular complexity index is 966. The van der Waals surface area contributed by atoms with Crippen LogP contribution in [0.4, 0.5) is 0 Å². The Morgan fingerprint density at radius 1 is 0.688 bits per heavy atom. The molecule has 0 saturated carbocycles. The third-order valence-electron chi connectivity index (χ3n) is 4.55. The van der Waals surface area contributed by atoms with E-state index in [0.717, 1.165) is 11.1 Å². The monoisotopic (exact) mass is 456 g/mol. The Labute approximate surface area is 195 Å². The summed E-state index contributed by atoms with van der Waals surface area (Å²) in [5, 5.41) is 10.9. The summed E-state index contributed by atoms with van der Waals surface area (Å²) in [6, 6.07) is 22.3. The predicted molar refractivity (Wildman–Crippen MR) is 142 cm³/mol. The van der Waals surface area contributed by atoms with Gasteiger partial charge in [0, 0.05) is 11.1 Å². The Morgan fingerprint density at radius 3 is 1.75 bits per heavy atom. The molecule has 3 nitrogen and oxygen atoms in total. The molecule has 1 aliphatic heterocycles. The highest BCUT2D eigenvalue weighted by molar-refractivity contribution is 7.68. The van der Waals surface area contributed by atoms with Gasteiger partial charge in [-0.1, -0.05) is 110 Å². The standard InChI is InChI=1S/C20H17O3P.4C2H6/c1-14(15-8-2-5-11-18(15)21)24(22)20-13-7-4-10-17(20)16-9-3-6-12-19(16)23-24;4*1-2/h2-14,21H,1H3;4*1-2H3. The minimum atomic E-state index is -3.24. The van der Waals surface area contributed by atoms with E-state index in [-0.39, 0.29) is 5.75 Å². The molecular formula is C28H41O3P. The molecule has 0 saturated heterocycles. The lowest BCUT2D eigenvalue weighted by atomic mass is 10.0. The molecule has 4 rings (SSSR count). The van der Waals surface area contributed by atoms with Crippen molar-refractivity contribution < 1.29 is 14.2 Å². The highest BCUT2D eigenvalue weighted by atomic mass is 31.2. The van der Waals surface area contributed by atoms with Crippen molar-refractivity contribution in [1.82, 2.24) is 0 Å². The second kappa shape index (κ2) is 15.3. The molecule has 1 aliphatic rings. The van der Waals surface area contributed by atoms with Crippen LogP contribution in [-0.4, -0.2) is 5.11 Å². The summed E-state index contributed by atoms with van der Waals surface area (Å²) >= 11 is 0. The largest absolute Gasteiger partial charge is 0.508 e. The third-order valence-corrected chi connectivity index (χ3v) is 7.38. The summed E-state index contributed by atoms with van der Waals surface area (Å²) in [4.78, 5) is 0. The highest BCUT2D eigenvalue weighted by Gasteiger charge is 2.42. The Balaban J connectivity index is 0.00000109. The zero-order valence-corrected chi connectivity index (χ0v) is 22.1. The van der Waals surface area contributed by atoms with E-state index in [1.54, 1.807) is 18.2 Å². The van der Waals surface area contributed by atoms with Crippen LogP contribution in [0.15, 0.2) is 72.8 Å². The number of benzene rings is 3. The zero-order chi connectivity index (χ0) is 24.7. The minimum Gasteiger partial charge on any atom is -0.508 e. The predicted octanol–water partition coefficient (Wildman–Crippen LogP) is 9.22.